The Labute approximate surface area is 464 Å². The Kier molecular flexibility index (Phi) is 21.3. The third-order valence-electron chi connectivity index (χ3n) is 11.2. The van der Waals surface area contributed by atoms with Gasteiger partial charge in [-0.25, -0.2) is 4.79 Å². The van der Waals surface area contributed by atoms with Gasteiger partial charge in [0.15, 0.2) is 0 Å². The third-order valence-corrected chi connectivity index (χ3v) is 11.2. The SMILES string of the molecule is CC(C)(C)OC(=O)NC(C)(C)C(=O)N/C(=C\c1ccccc1)C(=O)NC(C)(C)C(=O)N/C(=C\c1ccccc1)C(=O)NC(C)(C)C(=O)N/C(=C\c1ccccc1)C(=O)NC(C)(C)C(=O)N/C(=C\c1ccccc1)C(=O)NCC(=O)O. The van der Waals surface area contributed by atoms with Gasteiger partial charge in [0.25, 0.3) is 23.6 Å². The van der Waals surface area contributed by atoms with Crippen molar-refractivity contribution in [1.82, 2.24) is 47.9 Å². The van der Waals surface area contributed by atoms with Crippen LogP contribution in [0.2, 0.25) is 0 Å². The Hall–Kier alpha value is -9.66. The van der Waals surface area contributed by atoms with Gasteiger partial charge in [-0.3, -0.25) is 43.2 Å². The van der Waals surface area contributed by atoms with Gasteiger partial charge in [-0.1, -0.05) is 121 Å². The first-order chi connectivity index (χ1) is 37.3. The minimum Gasteiger partial charge on any atom is -0.480 e. The number of ether oxygens (including phenoxy) is 1. The minimum atomic E-state index is -1.87. The van der Waals surface area contributed by atoms with Crippen LogP contribution in [0.15, 0.2) is 144 Å². The van der Waals surface area contributed by atoms with Gasteiger partial charge in [0.1, 0.15) is 57.1 Å². The summed E-state index contributed by atoms with van der Waals surface area (Å²) in [5.41, 5.74) is -7.51. The van der Waals surface area contributed by atoms with Crippen molar-refractivity contribution >= 4 is 83.6 Å². The van der Waals surface area contributed by atoms with Crippen molar-refractivity contribution in [2.75, 3.05) is 6.54 Å². The van der Waals surface area contributed by atoms with Crippen LogP contribution < -0.4 is 47.9 Å². The van der Waals surface area contributed by atoms with Crippen LogP contribution in [0.25, 0.3) is 24.3 Å². The molecule has 9 amide bonds. The smallest absolute Gasteiger partial charge is 0.408 e. The molecule has 0 fully saturated rings. The number of hydrogen-bond acceptors (Lipinski definition) is 11. The van der Waals surface area contributed by atoms with Crippen molar-refractivity contribution in [3.63, 3.8) is 0 Å². The second-order valence-corrected chi connectivity index (χ2v) is 21.3. The number of amides is 9. The van der Waals surface area contributed by atoms with E-state index in [-0.39, 0.29) is 22.8 Å². The van der Waals surface area contributed by atoms with Crippen molar-refractivity contribution in [2.24, 2.45) is 0 Å². The molecule has 21 heteroatoms. The molecule has 0 spiro atoms. The second kappa shape index (κ2) is 27.1. The van der Waals surface area contributed by atoms with Gasteiger partial charge in [-0.2, -0.15) is 0 Å². The van der Waals surface area contributed by atoms with Crippen LogP contribution in [0, 0.1) is 0 Å². The van der Waals surface area contributed by atoms with Gasteiger partial charge < -0.3 is 57.7 Å². The standard InChI is InChI=1S/C59H69N9O12/c1-55(2,3)80-54(79)68-59(10,11)53(78)64-44(35-40-30-22-15-23-31-40)49(74)67-58(8,9)52(77)63-43(34-39-28-20-14-21-29-39)48(73)66-57(6,7)51(76)62-42(33-38-26-18-13-19-27-38)47(72)65-56(4,5)50(75)61-41(46(71)60-36-45(69)70)32-37-24-16-12-17-25-37/h12-35H,36H2,1-11H3,(H,60,71)(H,61,75)(H,62,76)(H,63,77)(H,64,78)(H,65,72)(H,66,73)(H,67,74)(H,68,79)(H,69,70)/b41-32-,42-33-,43-34-,44-35-. The highest BCUT2D eigenvalue weighted by molar-refractivity contribution is 6.10. The Bertz CT molecular complexity index is 3090. The van der Waals surface area contributed by atoms with E-state index < -0.39 is 93.6 Å². The molecule has 0 aliphatic rings. The fourth-order valence-electron chi connectivity index (χ4n) is 6.70. The summed E-state index contributed by atoms with van der Waals surface area (Å²) < 4.78 is 5.32. The highest BCUT2D eigenvalue weighted by Crippen LogP contribution is 2.17. The molecule has 0 radical (unpaired) electrons. The zero-order valence-electron chi connectivity index (χ0n) is 46.5. The first kappa shape index (κ1) is 62.9. The van der Waals surface area contributed by atoms with Gasteiger partial charge in [0.2, 0.25) is 23.6 Å². The van der Waals surface area contributed by atoms with E-state index in [0.29, 0.717) is 22.3 Å². The van der Waals surface area contributed by atoms with Crippen molar-refractivity contribution in [1.29, 1.82) is 0 Å². The van der Waals surface area contributed by atoms with E-state index in [1.807, 2.05) is 0 Å². The third kappa shape index (κ3) is 20.0. The number of hydrogen-bond donors (Lipinski definition) is 10. The number of carboxylic acids is 1. The average Bonchev–Trinajstić information content (AvgIpc) is 3.37. The fraction of sp³-hybridized carbons (Fsp3) is 0.288. The van der Waals surface area contributed by atoms with Gasteiger partial charge in [0, 0.05) is 0 Å². The summed E-state index contributed by atoms with van der Waals surface area (Å²) in [6, 6.07) is 33.6. The van der Waals surface area contributed by atoms with E-state index in [1.54, 1.807) is 142 Å². The summed E-state index contributed by atoms with van der Waals surface area (Å²) >= 11 is 0. The van der Waals surface area contributed by atoms with E-state index in [4.69, 9.17) is 9.84 Å². The van der Waals surface area contributed by atoms with Gasteiger partial charge >= 0.3 is 12.1 Å². The van der Waals surface area contributed by atoms with Crippen LogP contribution in [0.1, 0.15) is 98.4 Å². The summed E-state index contributed by atoms with van der Waals surface area (Å²) in [7, 11) is 0. The lowest BCUT2D eigenvalue weighted by Gasteiger charge is -2.30. The number of carbonyl (C=O) groups is 10. The van der Waals surface area contributed by atoms with Crippen molar-refractivity contribution in [2.45, 2.75) is 104 Å². The molecule has 80 heavy (non-hydrogen) atoms. The second-order valence-electron chi connectivity index (χ2n) is 21.3. The number of rotatable bonds is 22. The summed E-state index contributed by atoms with van der Waals surface area (Å²) in [6.45, 7) is 15.0. The van der Waals surface area contributed by atoms with Gasteiger partial charge in [0.05, 0.1) is 0 Å². The van der Waals surface area contributed by atoms with Gasteiger partial charge in [-0.05, 0) is 123 Å². The van der Waals surface area contributed by atoms with Crippen molar-refractivity contribution in [3.05, 3.63) is 166 Å². The molecule has 0 aliphatic heterocycles. The fourth-order valence-corrected chi connectivity index (χ4v) is 6.70. The van der Waals surface area contributed by atoms with Crippen LogP contribution in [0.5, 0.6) is 0 Å². The molecular weight excluding hydrogens is 1030 g/mol. The minimum absolute atomic E-state index is 0.308. The molecule has 0 atom stereocenters. The molecule has 0 aliphatic carbocycles. The van der Waals surface area contributed by atoms with Crippen molar-refractivity contribution < 1.29 is 57.8 Å². The molecule has 21 nitrogen and oxygen atoms in total. The van der Waals surface area contributed by atoms with E-state index in [9.17, 15) is 47.9 Å². The predicted molar refractivity (Wildman–Crippen MR) is 301 cm³/mol. The summed E-state index contributed by atoms with van der Waals surface area (Å²) in [6.07, 6.45) is 4.46. The molecule has 10 N–H and O–H groups in total. The maximum atomic E-state index is 14.4. The first-order valence-corrected chi connectivity index (χ1v) is 25.1. The maximum absolute atomic E-state index is 14.4. The number of aliphatic carboxylic acids is 1. The van der Waals surface area contributed by atoms with Crippen LogP contribution in [-0.2, 0) is 47.9 Å². The summed E-state index contributed by atoms with van der Waals surface area (Å²) in [5, 5.41) is 31.8. The number of carbonyl (C=O) groups excluding carboxylic acids is 9. The number of alkyl carbamates (subject to hydrolysis) is 1. The normalized spacial score (nSPS) is 12.6. The molecular formula is C59H69N9O12. The van der Waals surface area contributed by atoms with Crippen LogP contribution >= 0.6 is 0 Å². The van der Waals surface area contributed by atoms with E-state index >= 15 is 0 Å². The quantitative estimate of drug-likeness (QED) is 0.0475. The highest BCUT2D eigenvalue weighted by Gasteiger charge is 2.38. The maximum Gasteiger partial charge on any atom is 0.408 e. The van der Waals surface area contributed by atoms with Gasteiger partial charge in [-0.15, -0.1) is 0 Å². The average molecular weight is 1100 g/mol. The molecule has 0 unspecified atom stereocenters. The van der Waals surface area contributed by atoms with Crippen LogP contribution in [0.4, 0.5) is 4.79 Å². The van der Waals surface area contributed by atoms with E-state index in [0.717, 1.165) is 0 Å². The number of benzene rings is 4. The Morgan fingerprint density at radius 3 is 0.850 bits per heavy atom. The molecule has 0 bridgehead atoms. The molecule has 0 heterocycles. The van der Waals surface area contributed by atoms with Crippen LogP contribution in [-0.4, -0.2) is 98.7 Å². The molecule has 4 aromatic rings. The number of carboxylic acid groups (broad SMARTS) is 1. The Morgan fingerprint density at radius 1 is 0.375 bits per heavy atom. The molecule has 4 rings (SSSR count). The zero-order valence-corrected chi connectivity index (χ0v) is 46.5. The lowest BCUT2D eigenvalue weighted by molar-refractivity contribution is -0.137. The predicted octanol–water partition coefficient (Wildman–Crippen LogP) is 4.80. The largest absolute Gasteiger partial charge is 0.480 e. The Balaban J connectivity index is 1.59. The summed E-state index contributed by atoms with van der Waals surface area (Å²) in [5.74, 6) is -8.69. The highest BCUT2D eigenvalue weighted by atomic mass is 16.6. The lowest BCUT2D eigenvalue weighted by atomic mass is 10.0. The van der Waals surface area contributed by atoms with Crippen LogP contribution in [0.3, 0.4) is 0 Å². The topological polar surface area (TPSA) is 308 Å². The first-order valence-electron chi connectivity index (χ1n) is 25.1. The molecule has 0 saturated heterocycles. The molecule has 0 aromatic heterocycles. The van der Waals surface area contributed by atoms with E-state index in [2.05, 4.69) is 47.9 Å². The molecule has 4 aromatic carbocycles. The molecule has 422 valence electrons. The van der Waals surface area contributed by atoms with E-state index in [1.165, 1.54) is 79.7 Å². The van der Waals surface area contributed by atoms with Crippen molar-refractivity contribution in [3.8, 4) is 0 Å². The lowest BCUT2D eigenvalue weighted by Crippen LogP contribution is -2.60. The Morgan fingerprint density at radius 2 is 0.613 bits per heavy atom. The summed E-state index contributed by atoms with van der Waals surface area (Å²) in [4.78, 5) is 136. The molecule has 0 saturated carbocycles. The zero-order chi connectivity index (χ0) is 59.6. The monoisotopic (exact) mass is 1100 g/mol. The number of nitrogens with one attached hydrogen (secondary N) is 9.